The van der Waals surface area contributed by atoms with Gasteiger partial charge in [0.05, 0.1) is 19.8 Å². The Labute approximate surface area is 188 Å². The van der Waals surface area contributed by atoms with E-state index in [-0.39, 0.29) is 11.9 Å². The summed E-state index contributed by atoms with van der Waals surface area (Å²) in [6, 6.07) is 14.5. The number of nitrogens with one attached hydrogen (secondary N) is 1. The number of anilines is 2. The van der Waals surface area contributed by atoms with Crippen molar-refractivity contribution < 1.29 is 13.9 Å². The molecule has 8 heteroatoms. The van der Waals surface area contributed by atoms with Gasteiger partial charge in [-0.2, -0.15) is 0 Å². The molecule has 166 valence electrons. The highest BCUT2D eigenvalue weighted by atomic mass is 32.1. The van der Waals surface area contributed by atoms with E-state index in [1.54, 1.807) is 19.2 Å². The van der Waals surface area contributed by atoms with E-state index >= 15 is 0 Å². The third kappa shape index (κ3) is 5.84. The molecular formula is C23H29FN4O2S. The number of methoxy groups -OCH3 is 1. The fraction of sp³-hybridized carbons (Fsp3) is 0.435. The van der Waals surface area contributed by atoms with E-state index in [0.717, 1.165) is 57.3 Å². The zero-order valence-corrected chi connectivity index (χ0v) is 18.6. The minimum Gasteiger partial charge on any atom is -0.497 e. The van der Waals surface area contributed by atoms with Crippen LogP contribution in [-0.2, 0) is 4.74 Å². The van der Waals surface area contributed by atoms with E-state index in [9.17, 15) is 4.39 Å². The Kier molecular flexibility index (Phi) is 7.21. The smallest absolute Gasteiger partial charge is 0.173 e. The monoisotopic (exact) mass is 444 g/mol. The maximum Gasteiger partial charge on any atom is 0.173 e. The molecule has 0 bridgehead atoms. The number of morpholine rings is 1. The zero-order valence-electron chi connectivity index (χ0n) is 17.8. The molecule has 0 amide bonds. The van der Waals surface area contributed by atoms with Crippen molar-refractivity contribution in [1.82, 2.24) is 9.80 Å². The first-order valence-corrected chi connectivity index (χ1v) is 11.1. The molecule has 2 aliphatic rings. The van der Waals surface area contributed by atoms with Crippen LogP contribution < -0.4 is 15.0 Å². The number of ether oxygens (including phenoxy) is 2. The molecule has 0 radical (unpaired) electrons. The lowest BCUT2D eigenvalue weighted by Gasteiger charge is -2.40. The normalized spacial score (nSPS) is 19.9. The van der Waals surface area contributed by atoms with Crippen LogP contribution in [0.25, 0.3) is 0 Å². The van der Waals surface area contributed by atoms with Gasteiger partial charge in [0.15, 0.2) is 5.11 Å². The van der Waals surface area contributed by atoms with Crippen molar-refractivity contribution in [3.8, 4) is 5.75 Å². The second kappa shape index (κ2) is 10.3. The molecule has 0 spiro atoms. The molecule has 1 atom stereocenters. The van der Waals surface area contributed by atoms with Gasteiger partial charge in [0.2, 0.25) is 0 Å². The number of piperazine rings is 1. The van der Waals surface area contributed by atoms with Gasteiger partial charge < -0.3 is 24.6 Å². The number of hydrogen-bond acceptors (Lipinski definition) is 5. The second-order valence-corrected chi connectivity index (χ2v) is 8.25. The van der Waals surface area contributed by atoms with Crippen LogP contribution in [0.15, 0.2) is 48.5 Å². The lowest BCUT2D eigenvalue weighted by Crippen LogP contribution is -2.54. The van der Waals surface area contributed by atoms with Gasteiger partial charge in [-0.1, -0.05) is 6.07 Å². The lowest BCUT2D eigenvalue weighted by molar-refractivity contribution is -0.0236. The molecule has 6 nitrogen and oxygen atoms in total. The third-order valence-corrected chi connectivity index (χ3v) is 6.13. The van der Waals surface area contributed by atoms with Crippen molar-refractivity contribution in [3.63, 3.8) is 0 Å². The van der Waals surface area contributed by atoms with Crippen LogP contribution in [-0.4, -0.2) is 80.5 Å². The number of hydrogen-bond donors (Lipinski definition) is 1. The maximum atomic E-state index is 13.1. The van der Waals surface area contributed by atoms with Crippen LogP contribution in [0.3, 0.4) is 0 Å². The predicted molar refractivity (Wildman–Crippen MR) is 126 cm³/mol. The van der Waals surface area contributed by atoms with Crippen molar-refractivity contribution in [2.45, 2.75) is 6.10 Å². The average molecular weight is 445 g/mol. The standard InChI is InChI=1S/C23H29FN4O2S/c1-29-21-4-2-3-20(15-21)27-11-9-26(10-12-27)16-22-17-28(13-14-30-22)23(31)25-19-7-5-18(24)6-8-19/h2-8,15,22H,9-14,16-17H2,1H3,(H,25,31)/t22-/m0/s1. The van der Waals surface area contributed by atoms with Gasteiger partial charge in [-0.15, -0.1) is 0 Å². The highest BCUT2D eigenvalue weighted by Gasteiger charge is 2.26. The zero-order chi connectivity index (χ0) is 21.6. The summed E-state index contributed by atoms with van der Waals surface area (Å²) in [4.78, 5) is 7.00. The Morgan fingerprint density at radius 1 is 1.13 bits per heavy atom. The van der Waals surface area contributed by atoms with Gasteiger partial charge >= 0.3 is 0 Å². The van der Waals surface area contributed by atoms with Crippen LogP contribution in [0.1, 0.15) is 0 Å². The van der Waals surface area contributed by atoms with Gasteiger partial charge in [-0.05, 0) is 48.6 Å². The minimum atomic E-state index is -0.255. The van der Waals surface area contributed by atoms with Gasteiger partial charge in [-0.3, -0.25) is 4.90 Å². The quantitative estimate of drug-likeness (QED) is 0.711. The number of nitrogens with zero attached hydrogens (tertiary/aromatic N) is 3. The summed E-state index contributed by atoms with van der Waals surface area (Å²) in [7, 11) is 1.70. The number of rotatable bonds is 5. The third-order valence-electron chi connectivity index (χ3n) is 5.77. The molecule has 1 N–H and O–H groups in total. The van der Waals surface area contributed by atoms with Crippen LogP contribution in [0.5, 0.6) is 5.75 Å². The summed E-state index contributed by atoms with van der Waals surface area (Å²) in [6.45, 7) is 7.00. The summed E-state index contributed by atoms with van der Waals surface area (Å²) in [5.74, 6) is 0.634. The van der Waals surface area contributed by atoms with Gasteiger partial charge in [-0.25, -0.2) is 4.39 Å². The van der Waals surface area contributed by atoms with Gasteiger partial charge in [0, 0.05) is 63.3 Å². The number of benzene rings is 2. The molecule has 4 rings (SSSR count). The Hall–Kier alpha value is -2.42. The largest absolute Gasteiger partial charge is 0.497 e. The van der Waals surface area contributed by atoms with Crippen LogP contribution >= 0.6 is 12.2 Å². The Bertz CT molecular complexity index is 874. The first kappa shape index (κ1) is 21.8. The van der Waals surface area contributed by atoms with E-state index in [1.807, 2.05) is 12.1 Å². The lowest BCUT2D eigenvalue weighted by atomic mass is 10.2. The van der Waals surface area contributed by atoms with E-state index in [2.05, 4.69) is 32.1 Å². The molecule has 0 saturated carbocycles. The Morgan fingerprint density at radius 2 is 1.90 bits per heavy atom. The first-order valence-electron chi connectivity index (χ1n) is 10.6. The van der Waals surface area contributed by atoms with Crippen molar-refractivity contribution in [3.05, 3.63) is 54.3 Å². The Balaban J connectivity index is 1.25. The SMILES string of the molecule is COc1cccc(N2CCN(C[C@H]3CN(C(=S)Nc4ccc(F)cc4)CCO3)CC2)c1. The van der Waals surface area contributed by atoms with E-state index in [4.69, 9.17) is 21.7 Å². The summed E-state index contributed by atoms with van der Waals surface area (Å²) in [5, 5.41) is 3.86. The van der Waals surface area contributed by atoms with Crippen LogP contribution in [0, 0.1) is 5.82 Å². The summed E-state index contributed by atoms with van der Waals surface area (Å²) < 4.78 is 24.5. The van der Waals surface area contributed by atoms with Crippen molar-refractivity contribution in [2.75, 3.05) is 69.7 Å². The van der Waals surface area contributed by atoms with E-state index < -0.39 is 0 Å². The van der Waals surface area contributed by atoms with Crippen molar-refractivity contribution >= 4 is 28.7 Å². The van der Waals surface area contributed by atoms with Gasteiger partial charge in [0.25, 0.3) is 0 Å². The number of thiocarbonyl (C=S) groups is 1. The molecule has 2 heterocycles. The predicted octanol–water partition coefficient (Wildman–Crippen LogP) is 3.05. The molecule has 0 unspecified atom stereocenters. The highest BCUT2D eigenvalue weighted by Crippen LogP contribution is 2.22. The van der Waals surface area contributed by atoms with Crippen LogP contribution in [0.4, 0.5) is 15.8 Å². The van der Waals surface area contributed by atoms with Crippen molar-refractivity contribution in [2.24, 2.45) is 0 Å². The molecule has 2 fully saturated rings. The van der Waals surface area contributed by atoms with E-state index in [0.29, 0.717) is 11.7 Å². The molecule has 0 aromatic heterocycles. The molecule has 2 aromatic carbocycles. The average Bonchev–Trinajstić information content (AvgIpc) is 2.81. The molecule has 2 aliphatic heterocycles. The topological polar surface area (TPSA) is 40.2 Å². The fourth-order valence-electron chi connectivity index (χ4n) is 4.03. The van der Waals surface area contributed by atoms with Crippen LogP contribution in [0.2, 0.25) is 0 Å². The summed E-state index contributed by atoms with van der Waals surface area (Å²) >= 11 is 5.57. The summed E-state index contributed by atoms with van der Waals surface area (Å²) in [5.41, 5.74) is 2.00. The number of halogens is 1. The molecule has 0 aliphatic carbocycles. The molecular weight excluding hydrogens is 415 g/mol. The maximum absolute atomic E-state index is 13.1. The van der Waals surface area contributed by atoms with Gasteiger partial charge in [0.1, 0.15) is 11.6 Å². The summed E-state index contributed by atoms with van der Waals surface area (Å²) in [6.07, 6.45) is 0.116. The molecule has 2 aromatic rings. The fourth-order valence-corrected chi connectivity index (χ4v) is 4.32. The molecule has 31 heavy (non-hydrogen) atoms. The van der Waals surface area contributed by atoms with Crippen molar-refractivity contribution in [1.29, 1.82) is 0 Å². The molecule has 2 saturated heterocycles. The Morgan fingerprint density at radius 3 is 2.65 bits per heavy atom. The second-order valence-electron chi connectivity index (χ2n) is 7.86. The highest BCUT2D eigenvalue weighted by molar-refractivity contribution is 7.80. The minimum absolute atomic E-state index is 0.116. The van der Waals surface area contributed by atoms with E-state index in [1.165, 1.54) is 17.8 Å². The first-order chi connectivity index (χ1) is 15.1.